The van der Waals surface area contributed by atoms with E-state index in [0.717, 1.165) is 0 Å². The molecule has 94 valence electrons. The van der Waals surface area contributed by atoms with Crippen LogP contribution in [-0.4, -0.2) is 37.7 Å². The van der Waals surface area contributed by atoms with Crippen molar-refractivity contribution >= 4 is 32.9 Å². The van der Waals surface area contributed by atoms with Gasteiger partial charge in [-0.05, 0) is 19.2 Å². The summed E-state index contributed by atoms with van der Waals surface area (Å²) in [5.74, 6) is -0.0326. The summed E-state index contributed by atoms with van der Waals surface area (Å²) < 4.78 is 24.6. The molecule has 0 fully saturated rings. The third kappa shape index (κ3) is 4.25. The summed E-state index contributed by atoms with van der Waals surface area (Å²) in [6, 6.07) is 3.46. The minimum absolute atomic E-state index is 0.0326. The van der Waals surface area contributed by atoms with Gasteiger partial charge in [0.25, 0.3) is 0 Å². The van der Waals surface area contributed by atoms with E-state index in [1.165, 1.54) is 7.05 Å². The van der Waals surface area contributed by atoms with E-state index in [2.05, 4.69) is 15.0 Å². The van der Waals surface area contributed by atoms with Crippen molar-refractivity contribution in [3.05, 3.63) is 24.0 Å². The average Bonchev–Trinajstić information content (AvgIpc) is 2.29. The average molecular weight is 274 g/mol. The van der Waals surface area contributed by atoms with Crippen LogP contribution in [0, 0.1) is 0 Å². The van der Waals surface area contributed by atoms with E-state index in [0.29, 0.717) is 11.4 Å². The summed E-state index contributed by atoms with van der Waals surface area (Å²) in [6.45, 7) is 0.254. The fourth-order valence-corrected chi connectivity index (χ4v) is 1.90. The van der Waals surface area contributed by atoms with Gasteiger partial charge in [-0.2, -0.15) is 0 Å². The summed E-state index contributed by atoms with van der Waals surface area (Å²) in [4.78, 5) is 4.19. The minimum atomic E-state index is -3.22. The predicted molar refractivity (Wildman–Crippen MR) is 71.5 cm³/mol. The van der Waals surface area contributed by atoms with Crippen molar-refractivity contribution in [3.63, 3.8) is 0 Å². The van der Waals surface area contributed by atoms with Crippen LogP contribution < -0.4 is 15.8 Å². The van der Waals surface area contributed by atoms with Gasteiger partial charge < -0.3 is 11.1 Å². The van der Waals surface area contributed by atoms with Crippen LogP contribution in [0.3, 0.4) is 0 Å². The maximum Gasteiger partial charge on any atom is 0.213 e. The SMILES string of the molecule is CNS(=O)(=O)CCNc1cccnc1C(N)=S. The number of rotatable bonds is 6. The normalized spacial score (nSPS) is 11.1. The number of nitrogens with zero attached hydrogens (tertiary/aromatic N) is 1. The van der Waals surface area contributed by atoms with Crippen molar-refractivity contribution in [2.75, 3.05) is 24.7 Å². The van der Waals surface area contributed by atoms with Crippen LogP contribution in [0.2, 0.25) is 0 Å². The Balaban J connectivity index is 2.67. The third-order valence-corrected chi connectivity index (χ3v) is 3.60. The zero-order valence-corrected chi connectivity index (χ0v) is 10.9. The molecule has 17 heavy (non-hydrogen) atoms. The van der Waals surface area contributed by atoms with Crippen LogP contribution in [0.25, 0.3) is 0 Å². The number of nitrogens with one attached hydrogen (secondary N) is 2. The number of aromatic nitrogens is 1. The molecule has 0 amide bonds. The zero-order chi connectivity index (χ0) is 12.9. The number of pyridine rings is 1. The first-order valence-corrected chi connectivity index (χ1v) is 6.92. The van der Waals surface area contributed by atoms with Gasteiger partial charge in [0, 0.05) is 12.7 Å². The molecule has 0 unspecified atom stereocenters. The van der Waals surface area contributed by atoms with Crippen molar-refractivity contribution in [1.29, 1.82) is 0 Å². The second-order valence-corrected chi connectivity index (χ2v) is 5.70. The lowest BCUT2D eigenvalue weighted by molar-refractivity contribution is 0.588. The highest BCUT2D eigenvalue weighted by Crippen LogP contribution is 2.11. The quantitative estimate of drug-likeness (QED) is 0.615. The maximum absolute atomic E-state index is 11.2. The van der Waals surface area contributed by atoms with E-state index in [4.69, 9.17) is 18.0 Å². The fraction of sp³-hybridized carbons (Fsp3) is 0.333. The lowest BCUT2D eigenvalue weighted by Crippen LogP contribution is -2.26. The van der Waals surface area contributed by atoms with Crippen LogP contribution in [0.1, 0.15) is 5.69 Å². The molecule has 0 saturated heterocycles. The molecule has 1 aromatic rings. The molecule has 1 aromatic heterocycles. The predicted octanol–water partition coefficient (Wildman–Crippen LogP) is -0.323. The molecule has 0 bridgehead atoms. The zero-order valence-electron chi connectivity index (χ0n) is 9.30. The van der Waals surface area contributed by atoms with Gasteiger partial charge in [0.05, 0.1) is 11.4 Å². The summed E-state index contributed by atoms with van der Waals surface area (Å²) in [5.41, 5.74) is 6.59. The minimum Gasteiger partial charge on any atom is -0.388 e. The lowest BCUT2D eigenvalue weighted by Gasteiger charge is -2.09. The molecular weight excluding hydrogens is 260 g/mol. The molecule has 8 heteroatoms. The summed E-state index contributed by atoms with van der Waals surface area (Å²) >= 11 is 4.84. The molecule has 0 atom stereocenters. The molecule has 4 N–H and O–H groups in total. The summed E-state index contributed by atoms with van der Waals surface area (Å²) in [7, 11) is -1.84. The topological polar surface area (TPSA) is 97.1 Å². The van der Waals surface area contributed by atoms with Crippen molar-refractivity contribution in [1.82, 2.24) is 9.71 Å². The largest absolute Gasteiger partial charge is 0.388 e. The molecule has 0 radical (unpaired) electrons. The van der Waals surface area contributed by atoms with Crippen LogP contribution in [0.15, 0.2) is 18.3 Å². The molecule has 0 aliphatic rings. The van der Waals surface area contributed by atoms with Crippen LogP contribution in [0.4, 0.5) is 5.69 Å². The standard InChI is InChI=1S/C9H14N4O2S2/c1-11-17(14,15)6-5-12-7-3-2-4-13-8(7)9(10)16/h2-4,11-12H,5-6H2,1H3,(H2,10,16). The number of sulfonamides is 1. The highest BCUT2D eigenvalue weighted by molar-refractivity contribution is 7.89. The summed E-state index contributed by atoms with van der Waals surface area (Å²) in [5, 5.41) is 2.94. The first-order chi connectivity index (χ1) is 7.96. The molecule has 0 spiro atoms. The highest BCUT2D eigenvalue weighted by Gasteiger charge is 2.08. The molecule has 1 rings (SSSR count). The van der Waals surface area contributed by atoms with Gasteiger partial charge in [-0.15, -0.1) is 0 Å². The molecular formula is C9H14N4O2S2. The molecule has 0 aliphatic heterocycles. The number of hydrogen-bond acceptors (Lipinski definition) is 5. The summed E-state index contributed by atoms with van der Waals surface area (Å²) in [6.07, 6.45) is 1.57. The van der Waals surface area contributed by atoms with E-state index in [1.807, 2.05) is 0 Å². The maximum atomic E-state index is 11.2. The van der Waals surface area contributed by atoms with E-state index in [1.54, 1.807) is 18.3 Å². The first-order valence-electron chi connectivity index (χ1n) is 4.86. The smallest absolute Gasteiger partial charge is 0.213 e. The Kier molecular flexibility index (Phi) is 4.79. The number of thiocarbonyl (C=S) groups is 1. The number of hydrogen-bond donors (Lipinski definition) is 3. The molecule has 0 saturated carbocycles. The van der Waals surface area contributed by atoms with E-state index < -0.39 is 10.0 Å². The Morgan fingerprint density at radius 1 is 1.59 bits per heavy atom. The van der Waals surface area contributed by atoms with E-state index in [-0.39, 0.29) is 17.3 Å². The second-order valence-electron chi connectivity index (χ2n) is 3.21. The molecule has 1 heterocycles. The highest BCUT2D eigenvalue weighted by atomic mass is 32.2. The van der Waals surface area contributed by atoms with Crippen molar-refractivity contribution in [3.8, 4) is 0 Å². The van der Waals surface area contributed by atoms with Crippen LogP contribution >= 0.6 is 12.2 Å². The van der Waals surface area contributed by atoms with Crippen LogP contribution in [0.5, 0.6) is 0 Å². The van der Waals surface area contributed by atoms with Crippen molar-refractivity contribution < 1.29 is 8.42 Å². The Morgan fingerprint density at radius 2 is 2.29 bits per heavy atom. The Hall–Kier alpha value is -1.25. The van der Waals surface area contributed by atoms with Crippen LogP contribution in [-0.2, 0) is 10.0 Å². The Morgan fingerprint density at radius 3 is 2.88 bits per heavy atom. The number of nitrogens with two attached hydrogens (primary N) is 1. The molecule has 6 nitrogen and oxygen atoms in total. The fourth-order valence-electron chi connectivity index (χ4n) is 1.17. The molecule has 0 aromatic carbocycles. The Bertz CT molecular complexity index is 501. The third-order valence-electron chi connectivity index (χ3n) is 2.04. The second kappa shape index (κ2) is 5.89. The van der Waals surface area contributed by atoms with Gasteiger partial charge in [0.1, 0.15) is 10.7 Å². The monoisotopic (exact) mass is 274 g/mol. The van der Waals surface area contributed by atoms with Gasteiger partial charge in [-0.25, -0.2) is 13.1 Å². The van der Waals surface area contributed by atoms with Crippen molar-refractivity contribution in [2.24, 2.45) is 5.73 Å². The van der Waals surface area contributed by atoms with E-state index >= 15 is 0 Å². The Labute approximate surface area is 106 Å². The van der Waals surface area contributed by atoms with Gasteiger partial charge in [-0.3, -0.25) is 4.98 Å². The first kappa shape index (κ1) is 13.8. The van der Waals surface area contributed by atoms with E-state index in [9.17, 15) is 8.42 Å². The van der Waals surface area contributed by atoms with Gasteiger partial charge >= 0.3 is 0 Å². The van der Waals surface area contributed by atoms with Gasteiger partial charge in [0.2, 0.25) is 10.0 Å². The van der Waals surface area contributed by atoms with Gasteiger partial charge in [0.15, 0.2) is 0 Å². The molecule has 0 aliphatic carbocycles. The van der Waals surface area contributed by atoms with Crippen molar-refractivity contribution in [2.45, 2.75) is 0 Å². The lowest BCUT2D eigenvalue weighted by atomic mass is 10.3. The van der Waals surface area contributed by atoms with Gasteiger partial charge in [-0.1, -0.05) is 12.2 Å². The number of anilines is 1.